The quantitative estimate of drug-likeness (QED) is 0.665. The summed E-state index contributed by atoms with van der Waals surface area (Å²) in [6, 6.07) is 14.5. The van der Waals surface area contributed by atoms with Gasteiger partial charge in [-0.2, -0.15) is 0 Å². The number of hydrogen-bond donors (Lipinski definition) is 1. The van der Waals surface area contributed by atoms with E-state index < -0.39 is 22.0 Å². The Morgan fingerprint density at radius 3 is 2.67 bits per heavy atom. The van der Waals surface area contributed by atoms with Gasteiger partial charge in [0.05, 0.1) is 29.0 Å². The molecular weight excluding hydrogens is 426 g/mol. The van der Waals surface area contributed by atoms with Crippen LogP contribution in [0.3, 0.4) is 0 Å². The van der Waals surface area contributed by atoms with Gasteiger partial charge in [-0.05, 0) is 49.4 Å². The summed E-state index contributed by atoms with van der Waals surface area (Å²) in [4.78, 5) is 16.9. The summed E-state index contributed by atoms with van der Waals surface area (Å²) >= 11 is 6.10. The number of hydrogen-bond acceptors (Lipinski definition) is 5. The largest absolute Gasteiger partial charge is 0.476 e. The van der Waals surface area contributed by atoms with Crippen molar-refractivity contribution in [2.45, 2.75) is 17.9 Å². The molecule has 1 amide bonds. The molecule has 9 heteroatoms. The molecule has 0 spiro atoms. The van der Waals surface area contributed by atoms with Gasteiger partial charge in [-0.25, -0.2) is 8.42 Å². The first kappa shape index (κ1) is 20.2. The molecule has 7 nitrogen and oxygen atoms in total. The Labute approximate surface area is 179 Å². The van der Waals surface area contributed by atoms with Crippen molar-refractivity contribution in [3.8, 4) is 5.75 Å². The molecule has 4 rings (SSSR count). The molecule has 1 aromatic heterocycles. The molecule has 0 radical (unpaired) electrons. The van der Waals surface area contributed by atoms with Crippen molar-refractivity contribution in [3.63, 3.8) is 0 Å². The zero-order valence-electron chi connectivity index (χ0n) is 15.9. The van der Waals surface area contributed by atoms with Crippen molar-refractivity contribution < 1.29 is 17.9 Å². The van der Waals surface area contributed by atoms with Gasteiger partial charge in [0.1, 0.15) is 5.75 Å². The molecule has 0 saturated carbocycles. The molecule has 0 bridgehead atoms. The van der Waals surface area contributed by atoms with Crippen molar-refractivity contribution >= 4 is 38.9 Å². The van der Waals surface area contributed by atoms with E-state index in [1.54, 1.807) is 42.6 Å². The SMILES string of the molecule is Cc1ccc(S(=O)(=O)N2C[C@H](C(=O)Nc3cccnc3)Oc3ccc(Cl)cc32)cc1. The number of nitrogens with zero attached hydrogens (tertiary/aromatic N) is 2. The molecular formula is C21H18ClN3O4S. The molecule has 0 aliphatic carbocycles. The minimum Gasteiger partial charge on any atom is -0.476 e. The molecule has 154 valence electrons. The van der Waals surface area contributed by atoms with Crippen molar-refractivity contribution in [1.29, 1.82) is 0 Å². The lowest BCUT2D eigenvalue weighted by molar-refractivity contribution is -0.122. The summed E-state index contributed by atoms with van der Waals surface area (Å²) in [7, 11) is -3.95. The van der Waals surface area contributed by atoms with Gasteiger partial charge < -0.3 is 10.1 Å². The van der Waals surface area contributed by atoms with E-state index in [0.29, 0.717) is 10.7 Å². The number of anilines is 2. The molecule has 30 heavy (non-hydrogen) atoms. The van der Waals surface area contributed by atoms with E-state index in [-0.39, 0.29) is 22.9 Å². The lowest BCUT2D eigenvalue weighted by Crippen LogP contribution is -2.48. The maximum atomic E-state index is 13.4. The van der Waals surface area contributed by atoms with Crippen LogP contribution in [0, 0.1) is 6.92 Å². The smallest absolute Gasteiger partial charge is 0.267 e. The normalized spacial score (nSPS) is 15.8. The molecule has 1 aliphatic heterocycles. The second kappa shape index (κ2) is 7.97. The number of pyridine rings is 1. The van der Waals surface area contributed by atoms with Crippen LogP contribution in [-0.2, 0) is 14.8 Å². The third kappa shape index (κ3) is 3.96. The fourth-order valence-electron chi connectivity index (χ4n) is 3.09. The molecule has 2 aromatic carbocycles. The number of nitrogens with one attached hydrogen (secondary N) is 1. The highest BCUT2D eigenvalue weighted by Crippen LogP contribution is 2.39. The topological polar surface area (TPSA) is 88.6 Å². The fraction of sp³-hybridized carbons (Fsp3) is 0.143. The number of aryl methyl sites for hydroxylation is 1. The Hall–Kier alpha value is -3.10. The van der Waals surface area contributed by atoms with Crippen LogP contribution in [-0.4, -0.2) is 32.0 Å². The van der Waals surface area contributed by atoms with Crippen LogP contribution in [0.4, 0.5) is 11.4 Å². The maximum Gasteiger partial charge on any atom is 0.267 e. The Morgan fingerprint density at radius 2 is 1.97 bits per heavy atom. The van der Waals surface area contributed by atoms with Gasteiger partial charge in [-0.1, -0.05) is 29.3 Å². The average molecular weight is 444 g/mol. The molecule has 0 unspecified atom stereocenters. The summed E-state index contributed by atoms with van der Waals surface area (Å²) < 4.78 is 33.7. The van der Waals surface area contributed by atoms with Crippen LogP contribution in [0.25, 0.3) is 0 Å². The number of aromatic nitrogens is 1. The van der Waals surface area contributed by atoms with Crippen molar-refractivity contribution in [3.05, 3.63) is 77.6 Å². The standard InChI is InChI=1S/C21H18ClN3O4S/c1-14-4-7-17(8-5-14)30(27,28)25-13-20(21(26)24-16-3-2-10-23-12-16)29-19-9-6-15(22)11-18(19)25/h2-12,20H,13H2,1H3,(H,24,26)/t20-/m1/s1. The monoisotopic (exact) mass is 443 g/mol. The fourth-order valence-corrected chi connectivity index (χ4v) is 4.72. The predicted octanol–water partition coefficient (Wildman–Crippen LogP) is 3.64. The van der Waals surface area contributed by atoms with E-state index in [1.165, 1.54) is 24.4 Å². The second-order valence-electron chi connectivity index (χ2n) is 6.80. The van der Waals surface area contributed by atoms with Crippen molar-refractivity contribution in [1.82, 2.24) is 4.98 Å². The Kier molecular flexibility index (Phi) is 5.36. The number of fused-ring (bicyclic) bond motifs is 1. The minimum atomic E-state index is -3.95. The molecule has 0 saturated heterocycles. The summed E-state index contributed by atoms with van der Waals surface area (Å²) in [5.41, 5.74) is 1.71. The first-order valence-corrected chi connectivity index (χ1v) is 10.9. The van der Waals surface area contributed by atoms with Crippen LogP contribution in [0.2, 0.25) is 5.02 Å². The molecule has 1 aliphatic rings. The highest BCUT2D eigenvalue weighted by molar-refractivity contribution is 7.92. The van der Waals surface area contributed by atoms with E-state index in [1.807, 2.05) is 6.92 Å². The van der Waals surface area contributed by atoms with Gasteiger partial charge >= 0.3 is 0 Å². The zero-order valence-corrected chi connectivity index (χ0v) is 17.5. The van der Waals surface area contributed by atoms with Crippen LogP contribution in [0.15, 0.2) is 71.9 Å². The number of benzene rings is 2. The van der Waals surface area contributed by atoms with E-state index in [0.717, 1.165) is 9.87 Å². The van der Waals surface area contributed by atoms with Crippen molar-refractivity contribution in [2.75, 3.05) is 16.2 Å². The second-order valence-corrected chi connectivity index (χ2v) is 9.10. The van der Waals surface area contributed by atoms with E-state index in [4.69, 9.17) is 16.3 Å². The highest BCUT2D eigenvalue weighted by atomic mass is 35.5. The first-order chi connectivity index (χ1) is 14.3. The Balaban J connectivity index is 1.71. The average Bonchev–Trinajstić information content (AvgIpc) is 2.74. The summed E-state index contributed by atoms with van der Waals surface area (Å²) in [5.74, 6) is -0.222. The van der Waals surface area contributed by atoms with Gasteiger partial charge in [0.15, 0.2) is 6.10 Å². The molecule has 2 heterocycles. The van der Waals surface area contributed by atoms with Gasteiger partial charge in [0.25, 0.3) is 15.9 Å². The number of rotatable bonds is 4. The number of carbonyl (C=O) groups is 1. The van der Waals surface area contributed by atoms with E-state index in [2.05, 4.69) is 10.3 Å². The summed E-state index contributed by atoms with van der Waals surface area (Å²) in [6.45, 7) is 1.68. The number of sulfonamides is 1. The number of carbonyl (C=O) groups excluding carboxylic acids is 1. The lowest BCUT2D eigenvalue weighted by Gasteiger charge is -2.34. The van der Waals surface area contributed by atoms with Crippen LogP contribution in [0.5, 0.6) is 5.75 Å². The molecule has 1 N–H and O–H groups in total. The lowest BCUT2D eigenvalue weighted by atomic mass is 10.2. The molecule has 0 fully saturated rings. The molecule has 1 atom stereocenters. The predicted molar refractivity (Wildman–Crippen MR) is 114 cm³/mol. The van der Waals surface area contributed by atoms with Crippen LogP contribution >= 0.6 is 11.6 Å². The highest BCUT2D eigenvalue weighted by Gasteiger charge is 2.37. The minimum absolute atomic E-state index is 0.118. The summed E-state index contributed by atoms with van der Waals surface area (Å²) in [5, 5.41) is 3.06. The van der Waals surface area contributed by atoms with Gasteiger partial charge in [0.2, 0.25) is 0 Å². The number of halogens is 1. The van der Waals surface area contributed by atoms with Crippen LogP contribution < -0.4 is 14.4 Å². The zero-order chi connectivity index (χ0) is 21.3. The third-order valence-corrected chi connectivity index (χ3v) is 6.65. The number of amides is 1. The van der Waals surface area contributed by atoms with Crippen LogP contribution in [0.1, 0.15) is 5.56 Å². The first-order valence-electron chi connectivity index (χ1n) is 9.11. The summed E-state index contributed by atoms with van der Waals surface area (Å²) in [6.07, 6.45) is 2.02. The van der Waals surface area contributed by atoms with Gasteiger partial charge in [-0.15, -0.1) is 0 Å². The van der Waals surface area contributed by atoms with E-state index >= 15 is 0 Å². The van der Waals surface area contributed by atoms with E-state index in [9.17, 15) is 13.2 Å². The van der Waals surface area contributed by atoms with Gasteiger partial charge in [-0.3, -0.25) is 14.1 Å². The van der Waals surface area contributed by atoms with Gasteiger partial charge in [0, 0.05) is 11.2 Å². The molecule has 3 aromatic rings. The third-order valence-electron chi connectivity index (χ3n) is 4.62. The maximum absolute atomic E-state index is 13.4. The Morgan fingerprint density at radius 1 is 1.20 bits per heavy atom. The number of ether oxygens (including phenoxy) is 1. The van der Waals surface area contributed by atoms with Crippen molar-refractivity contribution in [2.24, 2.45) is 0 Å². The Bertz CT molecular complexity index is 1180.